The van der Waals surface area contributed by atoms with Gasteiger partial charge >= 0.3 is 6.18 Å². The van der Waals surface area contributed by atoms with Gasteiger partial charge in [-0.1, -0.05) is 6.07 Å². The topological polar surface area (TPSA) is 66.5 Å². The van der Waals surface area contributed by atoms with E-state index < -0.39 is 39.5 Å². The van der Waals surface area contributed by atoms with Crippen LogP contribution in [0.1, 0.15) is 12.5 Å². The van der Waals surface area contributed by atoms with Crippen LogP contribution in [0, 0.1) is 5.82 Å². The first-order valence-corrected chi connectivity index (χ1v) is 9.47. The van der Waals surface area contributed by atoms with Crippen LogP contribution in [0.25, 0.3) is 0 Å². The third kappa shape index (κ3) is 5.19. The molecule has 2 aromatic carbocycles. The van der Waals surface area contributed by atoms with Gasteiger partial charge in [-0.05, 0) is 49.4 Å². The summed E-state index contributed by atoms with van der Waals surface area (Å²) in [7, 11) is -3.94. The van der Waals surface area contributed by atoms with Gasteiger partial charge < -0.3 is 5.32 Å². The lowest BCUT2D eigenvalue weighted by atomic mass is 10.2. The molecule has 1 amide bonds. The number of carbonyl (C=O) groups excluding carboxylic acids is 1. The fourth-order valence-electron chi connectivity index (χ4n) is 2.41. The van der Waals surface area contributed by atoms with Crippen molar-refractivity contribution in [2.75, 3.05) is 15.9 Å². The maximum atomic E-state index is 13.4. The lowest BCUT2D eigenvalue weighted by Gasteiger charge is -2.28. The normalized spacial score (nSPS) is 13.1. The zero-order chi connectivity index (χ0) is 20.4. The quantitative estimate of drug-likeness (QED) is 0.774. The molecule has 0 aliphatic rings. The maximum absolute atomic E-state index is 13.4. The lowest BCUT2D eigenvalue weighted by molar-refractivity contribution is -0.137. The molecule has 0 saturated carbocycles. The first kappa shape index (κ1) is 20.7. The van der Waals surface area contributed by atoms with Crippen molar-refractivity contribution >= 4 is 27.3 Å². The molecule has 5 nitrogen and oxygen atoms in total. The van der Waals surface area contributed by atoms with Crippen LogP contribution in [-0.2, 0) is 21.0 Å². The van der Waals surface area contributed by atoms with E-state index in [1.54, 1.807) is 0 Å². The van der Waals surface area contributed by atoms with Crippen LogP contribution in [0.3, 0.4) is 0 Å². The zero-order valence-corrected chi connectivity index (χ0v) is 15.1. The van der Waals surface area contributed by atoms with Gasteiger partial charge in [-0.15, -0.1) is 0 Å². The van der Waals surface area contributed by atoms with Gasteiger partial charge in [0.05, 0.1) is 17.5 Å². The Bertz CT molecular complexity index is 928. The summed E-state index contributed by atoms with van der Waals surface area (Å²) < 4.78 is 76.1. The first-order chi connectivity index (χ1) is 12.4. The molecule has 2 rings (SSSR count). The highest BCUT2D eigenvalue weighted by molar-refractivity contribution is 7.92. The summed E-state index contributed by atoms with van der Waals surface area (Å²) in [6.07, 6.45) is -3.65. The second kappa shape index (κ2) is 7.55. The average molecular weight is 404 g/mol. The van der Waals surface area contributed by atoms with Crippen LogP contribution in [0.5, 0.6) is 0 Å². The highest BCUT2D eigenvalue weighted by Crippen LogP contribution is 2.30. The van der Waals surface area contributed by atoms with E-state index in [-0.39, 0.29) is 11.4 Å². The fourth-order valence-corrected chi connectivity index (χ4v) is 3.58. The minimum atomic E-state index is -4.51. The molecule has 146 valence electrons. The molecule has 0 fully saturated rings. The van der Waals surface area contributed by atoms with Crippen molar-refractivity contribution < 1.29 is 30.8 Å². The van der Waals surface area contributed by atoms with Gasteiger partial charge in [0.1, 0.15) is 11.9 Å². The summed E-state index contributed by atoms with van der Waals surface area (Å²) in [5.41, 5.74) is -0.869. The Labute approximate surface area is 153 Å². The number of carbonyl (C=O) groups is 1. The molecule has 1 N–H and O–H groups in total. The van der Waals surface area contributed by atoms with E-state index in [1.165, 1.54) is 19.1 Å². The number of hydrogen-bond acceptors (Lipinski definition) is 3. The number of sulfonamides is 1. The molecule has 27 heavy (non-hydrogen) atoms. The average Bonchev–Trinajstić information content (AvgIpc) is 2.53. The molecule has 0 spiro atoms. The number of anilines is 2. The van der Waals surface area contributed by atoms with E-state index in [9.17, 15) is 30.8 Å². The second-order valence-electron chi connectivity index (χ2n) is 5.78. The molecule has 1 atom stereocenters. The van der Waals surface area contributed by atoms with Gasteiger partial charge in [-0.2, -0.15) is 13.2 Å². The van der Waals surface area contributed by atoms with Crippen LogP contribution >= 0.6 is 0 Å². The highest BCUT2D eigenvalue weighted by atomic mass is 32.2. The third-order valence-electron chi connectivity index (χ3n) is 3.63. The number of halogens is 4. The molecule has 0 bridgehead atoms. The number of nitrogens with one attached hydrogen (secondary N) is 1. The summed E-state index contributed by atoms with van der Waals surface area (Å²) in [5, 5.41) is 2.35. The maximum Gasteiger partial charge on any atom is 0.416 e. The van der Waals surface area contributed by atoms with E-state index in [1.807, 2.05) is 0 Å². The second-order valence-corrected chi connectivity index (χ2v) is 7.64. The predicted octanol–water partition coefficient (Wildman–Crippen LogP) is 3.64. The molecule has 0 aliphatic carbocycles. The molecule has 1 unspecified atom stereocenters. The standard InChI is InChI=1S/C17H16F4N2O3S/c1-11(23(27(2,25)26)15-5-3-4-13(18)10-15)16(24)22-14-8-6-12(7-9-14)17(19,20)21/h3-11H,1-2H3,(H,22,24). The number of amides is 1. The SMILES string of the molecule is CC(C(=O)Nc1ccc(C(F)(F)F)cc1)N(c1cccc(F)c1)S(C)(=O)=O. The van der Waals surface area contributed by atoms with E-state index in [4.69, 9.17) is 0 Å². The van der Waals surface area contributed by atoms with Crippen molar-refractivity contribution in [2.24, 2.45) is 0 Å². The van der Waals surface area contributed by atoms with Gasteiger partial charge in [0.25, 0.3) is 0 Å². The molecule has 10 heteroatoms. The lowest BCUT2D eigenvalue weighted by Crippen LogP contribution is -2.45. The summed E-state index contributed by atoms with van der Waals surface area (Å²) in [5.74, 6) is -1.47. The van der Waals surface area contributed by atoms with Crippen LogP contribution in [0.2, 0.25) is 0 Å². The Balaban J connectivity index is 2.25. The predicted molar refractivity (Wildman–Crippen MR) is 93.3 cm³/mol. The molecule has 2 aromatic rings. The molecule has 0 saturated heterocycles. The smallest absolute Gasteiger partial charge is 0.324 e. The molecular weight excluding hydrogens is 388 g/mol. The van der Waals surface area contributed by atoms with Crippen molar-refractivity contribution in [1.82, 2.24) is 0 Å². The number of nitrogens with zero attached hydrogens (tertiary/aromatic N) is 1. The minimum Gasteiger partial charge on any atom is -0.324 e. The Morgan fingerprint density at radius 2 is 1.70 bits per heavy atom. The Kier molecular flexibility index (Phi) is 5.79. The van der Waals surface area contributed by atoms with Crippen LogP contribution in [0.4, 0.5) is 28.9 Å². The molecular formula is C17H16F4N2O3S. The highest BCUT2D eigenvalue weighted by Gasteiger charge is 2.31. The van der Waals surface area contributed by atoms with Gasteiger partial charge in [-0.3, -0.25) is 9.10 Å². The summed E-state index contributed by atoms with van der Waals surface area (Å²) >= 11 is 0. The Morgan fingerprint density at radius 3 is 2.19 bits per heavy atom. The van der Waals surface area contributed by atoms with Gasteiger partial charge in [0.15, 0.2) is 0 Å². The number of rotatable bonds is 5. The van der Waals surface area contributed by atoms with Crippen molar-refractivity contribution in [2.45, 2.75) is 19.1 Å². The van der Waals surface area contributed by atoms with Gasteiger partial charge in [0.2, 0.25) is 15.9 Å². The van der Waals surface area contributed by atoms with Crippen molar-refractivity contribution in [1.29, 1.82) is 0 Å². The van der Waals surface area contributed by atoms with E-state index in [0.717, 1.165) is 47.0 Å². The zero-order valence-electron chi connectivity index (χ0n) is 14.3. The van der Waals surface area contributed by atoms with Crippen molar-refractivity contribution in [3.63, 3.8) is 0 Å². The number of hydrogen-bond donors (Lipinski definition) is 1. The summed E-state index contributed by atoms with van der Waals surface area (Å²) in [6.45, 7) is 1.28. The minimum absolute atomic E-state index is 0.0485. The first-order valence-electron chi connectivity index (χ1n) is 7.62. The number of benzene rings is 2. The van der Waals surface area contributed by atoms with Crippen molar-refractivity contribution in [3.8, 4) is 0 Å². The van der Waals surface area contributed by atoms with Crippen LogP contribution in [-0.4, -0.2) is 26.6 Å². The Morgan fingerprint density at radius 1 is 1.11 bits per heavy atom. The third-order valence-corrected chi connectivity index (χ3v) is 4.87. The molecule has 0 aromatic heterocycles. The van der Waals surface area contributed by atoms with Crippen molar-refractivity contribution in [3.05, 3.63) is 59.9 Å². The fraction of sp³-hybridized carbons (Fsp3) is 0.235. The monoisotopic (exact) mass is 404 g/mol. The number of alkyl halides is 3. The molecule has 0 radical (unpaired) electrons. The molecule has 0 aliphatic heterocycles. The van der Waals surface area contributed by atoms with Crippen LogP contribution in [0.15, 0.2) is 48.5 Å². The Hall–Kier alpha value is -2.62. The largest absolute Gasteiger partial charge is 0.416 e. The molecule has 0 heterocycles. The summed E-state index contributed by atoms with van der Waals surface area (Å²) in [6, 6.07) is 7.13. The van der Waals surface area contributed by atoms with E-state index in [0.29, 0.717) is 0 Å². The van der Waals surface area contributed by atoms with Gasteiger partial charge in [0, 0.05) is 5.69 Å². The van der Waals surface area contributed by atoms with E-state index >= 15 is 0 Å². The summed E-state index contributed by atoms with van der Waals surface area (Å²) in [4.78, 5) is 12.4. The van der Waals surface area contributed by atoms with Crippen LogP contribution < -0.4 is 9.62 Å². The van der Waals surface area contributed by atoms with E-state index in [2.05, 4.69) is 5.32 Å². The van der Waals surface area contributed by atoms with Gasteiger partial charge in [-0.25, -0.2) is 12.8 Å².